The minimum absolute atomic E-state index is 0.103. The first-order valence-corrected chi connectivity index (χ1v) is 8.79. The van der Waals surface area contributed by atoms with Crippen LogP contribution in [0.1, 0.15) is 18.5 Å². The van der Waals surface area contributed by atoms with Crippen molar-refractivity contribution in [3.05, 3.63) is 69.8 Å². The number of anilines is 1. The molecule has 7 heteroatoms. The van der Waals surface area contributed by atoms with E-state index in [9.17, 15) is 9.90 Å². The minimum atomic E-state index is -0.537. The molecule has 1 amide bonds. The summed E-state index contributed by atoms with van der Waals surface area (Å²) in [6, 6.07) is 13.7. The number of halogens is 1. The van der Waals surface area contributed by atoms with Crippen LogP contribution in [0.4, 0.5) is 5.69 Å². The third kappa shape index (κ3) is 3.83. The number of amides is 1. The van der Waals surface area contributed by atoms with Gasteiger partial charge in [-0.25, -0.2) is 0 Å². The Kier molecular flexibility index (Phi) is 5.06. The Morgan fingerprint density at radius 2 is 1.88 bits per heavy atom. The summed E-state index contributed by atoms with van der Waals surface area (Å²) in [5.74, 6) is -0.165. The molecule has 0 aliphatic carbocycles. The number of phenolic OH excluding ortho intramolecular Hbond substituents is 1. The molecule has 128 valence electrons. The van der Waals surface area contributed by atoms with Crippen LogP contribution in [0.5, 0.6) is 5.75 Å². The summed E-state index contributed by atoms with van der Waals surface area (Å²) in [7, 11) is 0. The van der Waals surface area contributed by atoms with Crippen LogP contribution in [0.3, 0.4) is 0 Å². The lowest BCUT2D eigenvalue weighted by Crippen LogP contribution is -2.45. The van der Waals surface area contributed by atoms with E-state index in [0.717, 1.165) is 4.47 Å². The predicted molar refractivity (Wildman–Crippen MR) is 105 cm³/mol. The Balaban J connectivity index is 1.96. The number of nitrogens with one attached hydrogen (secondary N) is 3. The summed E-state index contributed by atoms with van der Waals surface area (Å²) in [5, 5.41) is 19.5. The average Bonchev–Trinajstić information content (AvgIpc) is 2.56. The highest BCUT2D eigenvalue weighted by Gasteiger charge is 2.31. The number of hydrogen-bond donors (Lipinski definition) is 4. The highest BCUT2D eigenvalue weighted by molar-refractivity contribution is 9.10. The van der Waals surface area contributed by atoms with Crippen molar-refractivity contribution in [2.45, 2.75) is 13.0 Å². The van der Waals surface area contributed by atoms with Crippen molar-refractivity contribution in [2.24, 2.45) is 0 Å². The molecule has 0 bridgehead atoms. The van der Waals surface area contributed by atoms with E-state index >= 15 is 0 Å². The van der Waals surface area contributed by atoms with Crippen LogP contribution < -0.4 is 16.0 Å². The van der Waals surface area contributed by atoms with E-state index in [1.165, 1.54) is 0 Å². The summed E-state index contributed by atoms with van der Waals surface area (Å²) in [4.78, 5) is 12.9. The topological polar surface area (TPSA) is 73.4 Å². The van der Waals surface area contributed by atoms with Gasteiger partial charge in [-0.15, -0.1) is 0 Å². The Hall–Kier alpha value is -2.38. The third-order valence-corrected chi connectivity index (χ3v) is 4.61. The van der Waals surface area contributed by atoms with Gasteiger partial charge in [0.2, 0.25) is 0 Å². The van der Waals surface area contributed by atoms with Crippen LogP contribution in [0.25, 0.3) is 0 Å². The van der Waals surface area contributed by atoms with Gasteiger partial charge in [0.05, 0.1) is 11.6 Å². The zero-order chi connectivity index (χ0) is 18.0. The molecule has 5 nitrogen and oxygen atoms in total. The van der Waals surface area contributed by atoms with Crippen LogP contribution >= 0.6 is 28.1 Å². The van der Waals surface area contributed by atoms with Gasteiger partial charge in [0.1, 0.15) is 5.75 Å². The first-order valence-electron chi connectivity index (χ1n) is 7.59. The second kappa shape index (κ2) is 7.25. The van der Waals surface area contributed by atoms with Crippen LogP contribution in [-0.2, 0) is 4.79 Å². The molecule has 0 saturated carbocycles. The molecule has 3 rings (SSSR count). The van der Waals surface area contributed by atoms with Gasteiger partial charge < -0.3 is 21.1 Å². The third-order valence-electron chi connectivity index (χ3n) is 3.86. The van der Waals surface area contributed by atoms with Crippen molar-refractivity contribution in [1.29, 1.82) is 0 Å². The summed E-state index contributed by atoms with van der Waals surface area (Å²) < 4.78 is 0.930. The monoisotopic (exact) mass is 417 g/mol. The smallest absolute Gasteiger partial charge is 0.255 e. The zero-order valence-electron chi connectivity index (χ0n) is 13.3. The molecular weight excluding hydrogens is 402 g/mol. The maximum Gasteiger partial charge on any atom is 0.255 e. The van der Waals surface area contributed by atoms with Gasteiger partial charge in [-0.05, 0) is 49.5 Å². The summed E-state index contributed by atoms with van der Waals surface area (Å²) >= 11 is 8.58. The molecule has 4 N–H and O–H groups in total. The Morgan fingerprint density at radius 3 is 2.56 bits per heavy atom. The van der Waals surface area contributed by atoms with E-state index in [0.29, 0.717) is 27.6 Å². The van der Waals surface area contributed by atoms with Gasteiger partial charge in [-0.3, -0.25) is 4.79 Å². The van der Waals surface area contributed by atoms with E-state index in [4.69, 9.17) is 12.2 Å². The number of carbonyl (C=O) groups is 1. The lowest BCUT2D eigenvalue weighted by atomic mass is 9.94. The molecule has 1 unspecified atom stereocenters. The Morgan fingerprint density at radius 1 is 1.20 bits per heavy atom. The first kappa shape index (κ1) is 17.4. The minimum Gasteiger partial charge on any atom is -0.508 e. The maximum absolute atomic E-state index is 12.9. The van der Waals surface area contributed by atoms with Gasteiger partial charge in [-0.2, -0.15) is 0 Å². The second-order valence-corrected chi connectivity index (χ2v) is 6.91. The standard InChI is InChI=1S/C18H16BrN3O2S/c1-10-15(17(24)21-12-8-6-11(19)7-9-12)16(22-18(25)20-10)13-4-2-3-5-14(13)23/h2-9,16,23H,1H3,(H,21,24)(H2,20,22,25). The van der Waals surface area contributed by atoms with Gasteiger partial charge in [-0.1, -0.05) is 34.1 Å². The Bertz CT molecular complexity index is 865. The lowest BCUT2D eigenvalue weighted by Gasteiger charge is -2.30. The van der Waals surface area contributed by atoms with Crippen molar-refractivity contribution >= 4 is 44.9 Å². The molecule has 0 saturated heterocycles. The zero-order valence-corrected chi connectivity index (χ0v) is 15.7. The van der Waals surface area contributed by atoms with Crippen LogP contribution in [-0.4, -0.2) is 16.1 Å². The van der Waals surface area contributed by atoms with Crippen molar-refractivity contribution in [3.63, 3.8) is 0 Å². The van der Waals surface area contributed by atoms with Gasteiger partial charge >= 0.3 is 0 Å². The molecule has 0 aromatic heterocycles. The predicted octanol–water partition coefficient (Wildman–Crippen LogP) is 3.59. The molecule has 2 aromatic rings. The summed E-state index contributed by atoms with van der Waals surface area (Å²) in [6.45, 7) is 1.79. The van der Waals surface area contributed by atoms with Crippen molar-refractivity contribution < 1.29 is 9.90 Å². The molecule has 25 heavy (non-hydrogen) atoms. The van der Waals surface area contributed by atoms with Crippen LogP contribution in [0, 0.1) is 0 Å². The fourth-order valence-corrected chi connectivity index (χ4v) is 3.23. The number of allylic oxidation sites excluding steroid dienone is 1. The van der Waals surface area contributed by atoms with Crippen molar-refractivity contribution in [2.75, 3.05) is 5.32 Å². The van der Waals surface area contributed by atoms with E-state index < -0.39 is 6.04 Å². The second-order valence-electron chi connectivity index (χ2n) is 5.59. The number of rotatable bonds is 3. The van der Waals surface area contributed by atoms with Crippen molar-refractivity contribution in [3.8, 4) is 5.75 Å². The molecule has 0 spiro atoms. The number of thiocarbonyl (C=S) groups is 1. The lowest BCUT2D eigenvalue weighted by molar-refractivity contribution is -0.113. The molecule has 1 aliphatic rings. The highest BCUT2D eigenvalue weighted by Crippen LogP contribution is 2.32. The number of para-hydroxylation sites is 1. The highest BCUT2D eigenvalue weighted by atomic mass is 79.9. The Labute approximate surface area is 159 Å². The molecule has 2 aromatic carbocycles. The summed E-state index contributed by atoms with van der Waals surface area (Å²) in [5.41, 5.74) is 2.38. The fraction of sp³-hybridized carbons (Fsp3) is 0.111. The van der Waals surface area contributed by atoms with E-state index in [1.807, 2.05) is 12.1 Å². The maximum atomic E-state index is 12.9. The van der Waals surface area contributed by atoms with E-state index in [2.05, 4.69) is 31.9 Å². The summed E-state index contributed by atoms with van der Waals surface area (Å²) in [6.07, 6.45) is 0. The van der Waals surface area contributed by atoms with Gasteiger partial charge in [0.15, 0.2) is 5.11 Å². The molecule has 0 radical (unpaired) electrons. The molecule has 0 fully saturated rings. The fourth-order valence-electron chi connectivity index (χ4n) is 2.69. The SMILES string of the molecule is CC1=C(C(=O)Nc2ccc(Br)cc2)C(c2ccccc2O)NC(=S)N1. The molecule has 1 aliphatic heterocycles. The molecular formula is C18H16BrN3O2S. The number of aromatic hydroxyl groups is 1. The number of hydrogen-bond acceptors (Lipinski definition) is 3. The number of phenols is 1. The van der Waals surface area contributed by atoms with Gasteiger partial charge in [0.25, 0.3) is 5.91 Å². The average molecular weight is 418 g/mol. The van der Waals surface area contributed by atoms with E-state index in [-0.39, 0.29) is 11.7 Å². The molecule has 1 heterocycles. The largest absolute Gasteiger partial charge is 0.508 e. The quantitative estimate of drug-likeness (QED) is 0.574. The normalized spacial score (nSPS) is 16.9. The number of carbonyl (C=O) groups excluding carboxylic acids is 1. The van der Waals surface area contributed by atoms with Crippen molar-refractivity contribution in [1.82, 2.24) is 10.6 Å². The molecule has 1 atom stereocenters. The van der Waals surface area contributed by atoms with E-state index in [1.54, 1.807) is 43.3 Å². The van der Waals surface area contributed by atoms with Crippen LogP contribution in [0.15, 0.2) is 64.3 Å². The van der Waals surface area contributed by atoms with Gasteiger partial charge in [0, 0.05) is 21.4 Å². The first-order chi connectivity index (χ1) is 12.0. The number of benzene rings is 2. The van der Waals surface area contributed by atoms with Crippen LogP contribution in [0.2, 0.25) is 0 Å².